The van der Waals surface area contributed by atoms with Crippen molar-refractivity contribution in [3.05, 3.63) is 54.7 Å². The van der Waals surface area contributed by atoms with E-state index in [2.05, 4.69) is 31.9 Å². The molecule has 1 fully saturated rings. The summed E-state index contributed by atoms with van der Waals surface area (Å²) < 4.78 is 14.1. The number of carbonyl (C=O) groups excluding carboxylic acids is 1. The Kier molecular flexibility index (Phi) is 5.85. The van der Waals surface area contributed by atoms with Gasteiger partial charge in [-0.3, -0.25) is 9.36 Å². The molecule has 2 aromatic carbocycles. The van der Waals surface area contributed by atoms with Crippen molar-refractivity contribution in [1.82, 2.24) is 24.6 Å². The standard InChI is InChI=1S/C26H27N5O3S/c1-2-30(14-18-15-33-22-9-5-6-10-23(22)34-18)24(32)16-35-26-29-28-25(31(26)17-11-12-17)20-13-27-21-8-4-3-7-19(20)21/h3-10,13,17-18,27H,2,11-12,14-16H2,1H3/t18-/m0/s1. The van der Waals surface area contributed by atoms with E-state index in [1.807, 2.05) is 54.4 Å². The van der Waals surface area contributed by atoms with Crippen molar-refractivity contribution in [3.8, 4) is 22.9 Å². The molecule has 8 nitrogen and oxygen atoms in total. The summed E-state index contributed by atoms with van der Waals surface area (Å²) >= 11 is 1.46. The van der Waals surface area contributed by atoms with Gasteiger partial charge < -0.3 is 19.4 Å². The van der Waals surface area contributed by atoms with Crippen molar-refractivity contribution in [1.29, 1.82) is 0 Å². The quantitative estimate of drug-likeness (QED) is 0.366. The van der Waals surface area contributed by atoms with Gasteiger partial charge in [0.05, 0.1) is 12.3 Å². The fourth-order valence-corrected chi connectivity index (χ4v) is 5.41. The Bertz CT molecular complexity index is 1360. The number of nitrogens with zero attached hydrogens (tertiary/aromatic N) is 4. The number of aromatic amines is 1. The second kappa shape index (κ2) is 9.30. The molecule has 1 saturated carbocycles. The highest BCUT2D eigenvalue weighted by Gasteiger charge is 2.31. The number of aromatic nitrogens is 4. The van der Waals surface area contributed by atoms with Crippen LogP contribution in [0.5, 0.6) is 11.5 Å². The molecular formula is C26H27N5O3S. The zero-order chi connectivity index (χ0) is 23.8. The SMILES string of the molecule is CCN(C[C@H]1COc2ccccc2O1)C(=O)CSc1nnc(-c2c[nH]c3ccccc23)n1C1CC1. The number of rotatable bonds is 8. The summed E-state index contributed by atoms with van der Waals surface area (Å²) in [6.07, 6.45) is 4.02. The van der Waals surface area contributed by atoms with Gasteiger partial charge in [-0.1, -0.05) is 42.1 Å². The Morgan fingerprint density at radius 1 is 1.14 bits per heavy atom. The molecule has 2 aromatic heterocycles. The number of thioether (sulfide) groups is 1. The smallest absolute Gasteiger partial charge is 0.233 e. The molecule has 3 heterocycles. The fourth-order valence-electron chi connectivity index (χ4n) is 4.50. The topological polar surface area (TPSA) is 85.3 Å². The third-order valence-electron chi connectivity index (χ3n) is 6.46. The predicted octanol–water partition coefficient (Wildman–Crippen LogP) is 4.54. The zero-order valence-corrected chi connectivity index (χ0v) is 20.3. The first-order chi connectivity index (χ1) is 17.2. The number of fused-ring (bicyclic) bond motifs is 2. The largest absolute Gasteiger partial charge is 0.486 e. The van der Waals surface area contributed by atoms with E-state index < -0.39 is 0 Å². The number of hydrogen-bond donors (Lipinski definition) is 1. The highest BCUT2D eigenvalue weighted by atomic mass is 32.2. The highest BCUT2D eigenvalue weighted by molar-refractivity contribution is 7.99. The van der Waals surface area contributed by atoms with Gasteiger partial charge in [-0.2, -0.15) is 0 Å². The van der Waals surface area contributed by atoms with Crippen molar-refractivity contribution in [2.24, 2.45) is 0 Å². The molecule has 1 atom stereocenters. The maximum Gasteiger partial charge on any atom is 0.233 e. The van der Waals surface area contributed by atoms with Gasteiger partial charge in [0.25, 0.3) is 0 Å². The van der Waals surface area contributed by atoms with Crippen LogP contribution in [0.15, 0.2) is 59.9 Å². The van der Waals surface area contributed by atoms with Crippen LogP contribution < -0.4 is 9.47 Å². The third kappa shape index (κ3) is 4.36. The molecule has 1 N–H and O–H groups in total. The van der Waals surface area contributed by atoms with E-state index in [1.54, 1.807) is 0 Å². The number of likely N-dealkylation sites (N-methyl/N-ethyl adjacent to an activating group) is 1. The number of nitrogens with one attached hydrogen (secondary N) is 1. The number of H-pyrrole nitrogens is 1. The maximum absolute atomic E-state index is 13.1. The Morgan fingerprint density at radius 3 is 2.77 bits per heavy atom. The second-order valence-electron chi connectivity index (χ2n) is 8.87. The van der Waals surface area contributed by atoms with Crippen molar-refractivity contribution in [2.45, 2.75) is 37.1 Å². The van der Waals surface area contributed by atoms with Crippen LogP contribution in [0.4, 0.5) is 0 Å². The van der Waals surface area contributed by atoms with Crippen LogP contribution >= 0.6 is 11.8 Å². The lowest BCUT2D eigenvalue weighted by atomic mass is 10.1. The Labute approximate surface area is 207 Å². The normalized spacial score (nSPS) is 17.0. The van der Waals surface area contributed by atoms with Gasteiger partial charge in [-0.05, 0) is 38.0 Å². The third-order valence-corrected chi connectivity index (χ3v) is 7.39. The number of benzene rings is 2. The van der Waals surface area contributed by atoms with Crippen LogP contribution in [-0.4, -0.2) is 62.1 Å². The van der Waals surface area contributed by atoms with Crippen molar-refractivity contribution in [3.63, 3.8) is 0 Å². The molecule has 4 aromatic rings. The molecular weight excluding hydrogens is 462 g/mol. The zero-order valence-electron chi connectivity index (χ0n) is 19.5. The average Bonchev–Trinajstić information content (AvgIpc) is 3.51. The van der Waals surface area contributed by atoms with E-state index in [0.29, 0.717) is 31.5 Å². The lowest BCUT2D eigenvalue weighted by Gasteiger charge is -2.30. The van der Waals surface area contributed by atoms with Crippen LogP contribution in [0.1, 0.15) is 25.8 Å². The molecule has 0 spiro atoms. The van der Waals surface area contributed by atoms with Gasteiger partial charge in [0.1, 0.15) is 6.61 Å². The first kappa shape index (κ1) is 22.0. The van der Waals surface area contributed by atoms with Crippen LogP contribution in [0, 0.1) is 0 Å². The summed E-state index contributed by atoms with van der Waals surface area (Å²) in [5.41, 5.74) is 2.12. The van der Waals surface area contributed by atoms with Gasteiger partial charge in [0.2, 0.25) is 5.91 Å². The van der Waals surface area contributed by atoms with E-state index in [9.17, 15) is 4.79 Å². The second-order valence-corrected chi connectivity index (χ2v) is 9.82. The van der Waals surface area contributed by atoms with Crippen LogP contribution in [-0.2, 0) is 4.79 Å². The first-order valence-electron chi connectivity index (χ1n) is 12.0. The fraction of sp³-hybridized carbons (Fsp3) is 0.346. The Morgan fingerprint density at radius 2 is 1.94 bits per heavy atom. The molecule has 1 aliphatic heterocycles. The maximum atomic E-state index is 13.1. The van der Waals surface area contributed by atoms with Gasteiger partial charge in [0, 0.05) is 35.2 Å². The van der Waals surface area contributed by atoms with Gasteiger partial charge in [0.15, 0.2) is 28.6 Å². The van der Waals surface area contributed by atoms with E-state index >= 15 is 0 Å². The van der Waals surface area contributed by atoms with Gasteiger partial charge >= 0.3 is 0 Å². The molecule has 6 rings (SSSR count). The minimum atomic E-state index is -0.192. The molecule has 1 amide bonds. The van der Waals surface area contributed by atoms with Crippen molar-refractivity contribution >= 4 is 28.6 Å². The predicted molar refractivity (Wildman–Crippen MR) is 135 cm³/mol. The summed E-state index contributed by atoms with van der Waals surface area (Å²) in [6, 6.07) is 16.2. The summed E-state index contributed by atoms with van der Waals surface area (Å²) in [6.45, 7) is 3.51. The average molecular weight is 490 g/mol. The van der Waals surface area contributed by atoms with Gasteiger partial charge in [-0.25, -0.2) is 0 Å². The molecule has 9 heteroatoms. The van der Waals surface area contributed by atoms with E-state index in [-0.39, 0.29) is 12.0 Å². The molecule has 0 unspecified atom stereocenters. The number of para-hydroxylation sites is 3. The molecule has 35 heavy (non-hydrogen) atoms. The van der Waals surface area contributed by atoms with Crippen LogP contribution in [0.3, 0.4) is 0 Å². The minimum Gasteiger partial charge on any atom is -0.486 e. The van der Waals surface area contributed by atoms with Crippen LogP contribution in [0.25, 0.3) is 22.3 Å². The Hall–Kier alpha value is -3.46. The molecule has 0 radical (unpaired) electrons. The lowest BCUT2D eigenvalue weighted by Crippen LogP contribution is -2.44. The van der Waals surface area contributed by atoms with Crippen LogP contribution in [0.2, 0.25) is 0 Å². The molecule has 1 aliphatic carbocycles. The molecule has 0 saturated heterocycles. The molecule has 180 valence electrons. The summed E-state index contributed by atoms with van der Waals surface area (Å²) in [5.74, 6) is 2.69. The number of hydrogen-bond acceptors (Lipinski definition) is 6. The molecule has 2 aliphatic rings. The van der Waals surface area contributed by atoms with Crippen molar-refractivity contribution < 1.29 is 14.3 Å². The minimum absolute atomic E-state index is 0.0546. The molecule has 0 bridgehead atoms. The summed E-state index contributed by atoms with van der Waals surface area (Å²) in [4.78, 5) is 18.3. The number of amides is 1. The summed E-state index contributed by atoms with van der Waals surface area (Å²) in [5, 5.41) is 10.9. The lowest BCUT2D eigenvalue weighted by molar-refractivity contribution is -0.129. The summed E-state index contributed by atoms with van der Waals surface area (Å²) in [7, 11) is 0. The number of ether oxygens (including phenoxy) is 2. The van der Waals surface area contributed by atoms with E-state index in [0.717, 1.165) is 51.8 Å². The van der Waals surface area contributed by atoms with E-state index in [4.69, 9.17) is 9.47 Å². The first-order valence-corrected chi connectivity index (χ1v) is 13.0. The van der Waals surface area contributed by atoms with Gasteiger partial charge in [-0.15, -0.1) is 10.2 Å². The Balaban J connectivity index is 1.15. The monoisotopic (exact) mass is 489 g/mol. The number of carbonyl (C=O) groups is 1. The highest BCUT2D eigenvalue weighted by Crippen LogP contribution is 2.42. The van der Waals surface area contributed by atoms with E-state index in [1.165, 1.54) is 11.8 Å². The van der Waals surface area contributed by atoms with Crippen molar-refractivity contribution in [2.75, 3.05) is 25.4 Å².